The summed E-state index contributed by atoms with van der Waals surface area (Å²) in [6, 6.07) is 10.9. The second kappa shape index (κ2) is 10.2. The Kier molecular flexibility index (Phi) is 7.33. The number of hydrogen-bond acceptors (Lipinski definition) is 11. The van der Waals surface area contributed by atoms with Gasteiger partial charge in [0.1, 0.15) is 23.9 Å². The lowest BCUT2D eigenvalue weighted by Crippen LogP contribution is -2.49. The zero-order valence-corrected chi connectivity index (χ0v) is 21.2. The Hall–Kier alpha value is -1.41. The predicted molar refractivity (Wildman–Crippen MR) is 129 cm³/mol. The minimum Gasteiger partial charge on any atom is -0.383 e. The third kappa shape index (κ3) is 5.34. The second-order valence-corrected chi connectivity index (χ2v) is 12.7. The molecule has 3 aliphatic rings. The fourth-order valence-corrected chi connectivity index (χ4v) is 8.39. The van der Waals surface area contributed by atoms with E-state index in [1.54, 1.807) is 21.6 Å². The van der Waals surface area contributed by atoms with Crippen LogP contribution in [0.5, 0.6) is 0 Å². The predicted octanol–water partition coefficient (Wildman–Crippen LogP) is 2.07. The Balaban J connectivity index is 1.29. The van der Waals surface area contributed by atoms with Crippen molar-refractivity contribution < 1.29 is 32.7 Å². The van der Waals surface area contributed by atoms with Crippen LogP contribution in [0.2, 0.25) is 0 Å². The fraction of sp³-hybridized carbons (Fsp3) is 0.524. The number of phosphoric acid groups is 1. The molecular formula is C21H25N2O9PS2. The molecule has 35 heavy (non-hydrogen) atoms. The zero-order chi connectivity index (χ0) is 24.6. The van der Waals surface area contributed by atoms with E-state index in [4.69, 9.17) is 23.0 Å². The van der Waals surface area contributed by atoms with E-state index in [1.807, 2.05) is 30.3 Å². The maximum Gasteiger partial charge on any atom is 0.475 e. The first-order valence-electron chi connectivity index (χ1n) is 11.0. The molecule has 0 bridgehead atoms. The molecule has 0 spiro atoms. The van der Waals surface area contributed by atoms with Crippen LogP contribution in [0, 0.1) is 0 Å². The fourth-order valence-electron chi connectivity index (χ4n) is 4.18. The van der Waals surface area contributed by atoms with Crippen molar-refractivity contribution in [2.45, 2.75) is 49.8 Å². The van der Waals surface area contributed by atoms with Crippen LogP contribution in [-0.2, 0) is 34.2 Å². The molecule has 11 nitrogen and oxygen atoms in total. The van der Waals surface area contributed by atoms with Gasteiger partial charge in [-0.05, 0) is 12.5 Å². The van der Waals surface area contributed by atoms with Crippen molar-refractivity contribution in [3.63, 3.8) is 0 Å². The Morgan fingerprint density at radius 3 is 2.69 bits per heavy atom. The molecule has 4 heterocycles. The molecule has 2 N–H and O–H groups in total. The molecule has 1 aromatic carbocycles. The van der Waals surface area contributed by atoms with Gasteiger partial charge >= 0.3 is 13.5 Å². The molecule has 1 aromatic heterocycles. The average molecular weight is 545 g/mol. The van der Waals surface area contributed by atoms with E-state index in [1.165, 1.54) is 13.1 Å². The van der Waals surface area contributed by atoms with E-state index in [0.29, 0.717) is 18.1 Å². The van der Waals surface area contributed by atoms with E-state index in [9.17, 15) is 19.3 Å². The zero-order valence-electron chi connectivity index (χ0n) is 18.7. The normalized spacial score (nSPS) is 37.1. The lowest BCUT2D eigenvalue weighted by molar-refractivity contribution is -0.0983. The highest BCUT2D eigenvalue weighted by molar-refractivity contribution is 8.76. The lowest BCUT2D eigenvalue weighted by Gasteiger charge is -2.38. The van der Waals surface area contributed by atoms with Crippen LogP contribution >= 0.6 is 29.4 Å². The Morgan fingerprint density at radius 2 is 1.94 bits per heavy atom. The summed E-state index contributed by atoms with van der Waals surface area (Å²) in [5.74, 6) is 1.14. The molecule has 7 atom stereocenters. The van der Waals surface area contributed by atoms with E-state index >= 15 is 0 Å². The lowest BCUT2D eigenvalue weighted by atomic mass is 9.96. The summed E-state index contributed by atoms with van der Waals surface area (Å²) < 4.78 is 43.5. The molecule has 0 amide bonds. The number of benzene rings is 1. The molecule has 14 heteroatoms. The minimum absolute atomic E-state index is 0.170. The maximum atomic E-state index is 13.5. The van der Waals surface area contributed by atoms with Crippen LogP contribution in [-0.4, -0.2) is 62.8 Å². The first-order valence-corrected chi connectivity index (χ1v) is 14.9. The summed E-state index contributed by atoms with van der Waals surface area (Å²) in [5.41, 5.74) is -2.09. The molecule has 2 aromatic rings. The number of ether oxygens (including phenoxy) is 2. The second-order valence-electron chi connectivity index (χ2n) is 8.59. The van der Waals surface area contributed by atoms with Crippen LogP contribution in [0.1, 0.15) is 18.7 Å². The number of H-pyrrole nitrogens is 1. The van der Waals surface area contributed by atoms with Gasteiger partial charge in [0.05, 0.1) is 19.3 Å². The smallest absolute Gasteiger partial charge is 0.383 e. The van der Waals surface area contributed by atoms with Crippen molar-refractivity contribution in [2.75, 3.05) is 18.1 Å². The van der Waals surface area contributed by atoms with Crippen molar-refractivity contribution in [1.82, 2.24) is 9.55 Å². The quantitative estimate of drug-likeness (QED) is 0.408. The van der Waals surface area contributed by atoms with Gasteiger partial charge in [-0.1, -0.05) is 51.9 Å². The monoisotopic (exact) mass is 544 g/mol. The van der Waals surface area contributed by atoms with Gasteiger partial charge in [0.25, 0.3) is 5.56 Å². The summed E-state index contributed by atoms with van der Waals surface area (Å²) in [4.78, 5) is 25.8. The van der Waals surface area contributed by atoms with Crippen molar-refractivity contribution in [3.8, 4) is 0 Å². The summed E-state index contributed by atoms with van der Waals surface area (Å²) in [6.07, 6.45) is -2.77. The summed E-state index contributed by atoms with van der Waals surface area (Å²) in [5, 5.41) is 11.2. The van der Waals surface area contributed by atoms with E-state index in [2.05, 4.69) is 4.98 Å². The first-order chi connectivity index (χ1) is 16.7. The summed E-state index contributed by atoms with van der Waals surface area (Å²) >= 11 is 0. The molecule has 3 saturated heterocycles. The van der Waals surface area contributed by atoms with E-state index < -0.39 is 49.2 Å². The van der Waals surface area contributed by atoms with Gasteiger partial charge < -0.3 is 14.6 Å². The standard InChI is InChI=1S/C21H25N2O9PS2/c1-21(26)18-14(30-19(21)23-8-7-17(24)22-20(23)25)10-29-33(27,32-18)31-16-12-35-34-11-15(16)28-9-13-5-3-2-4-6-13/h2-8,14-16,18-19,26H,9-12H2,1H3,(H,22,24,25). The molecule has 0 saturated carbocycles. The van der Waals surface area contributed by atoms with Gasteiger partial charge in [0.15, 0.2) is 6.23 Å². The van der Waals surface area contributed by atoms with Crippen LogP contribution in [0.15, 0.2) is 52.2 Å². The van der Waals surface area contributed by atoms with Crippen molar-refractivity contribution in [1.29, 1.82) is 0 Å². The highest BCUT2D eigenvalue weighted by Gasteiger charge is 2.60. The Labute approximate surface area is 208 Å². The first kappa shape index (κ1) is 25.2. The number of nitrogens with zero attached hydrogens (tertiary/aromatic N) is 1. The number of phosphoric ester groups is 1. The molecule has 0 radical (unpaired) electrons. The summed E-state index contributed by atoms with van der Waals surface area (Å²) in [6.45, 7) is 1.62. The number of nitrogens with one attached hydrogen (secondary N) is 1. The van der Waals surface area contributed by atoms with Gasteiger partial charge in [-0.2, -0.15) is 0 Å². The largest absolute Gasteiger partial charge is 0.475 e. The summed E-state index contributed by atoms with van der Waals surface area (Å²) in [7, 11) is -0.876. The molecular weight excluding hydrogens is 519 g/mol. The SMILES string of the molecule is CC1(O)C2OP(=O)(OC3CSSCC3OCc3ccccc3)OCC2OC1n1ccc(=O)[nH]c1=O. The van der Waals surface area contributed by atoms with E-state index in [0.717, 1.165) is 16.2 Å². The molecule has 5 rings (SSSR count). The van der Waals surface area contributed by atoms with Crippen molar-refractivity contribution >= 4 is 29.4 Å². The minimum atomic E-state index is -4.09. The topological polar surface area (TPSA) is 138 Å². The number of rotatable bonds is 6. The highest BCUT2D eigenvalue weighted by Crippen LogP contribution is 2.60. The van der Waals surface area contributed by atoms with Crippen LogP contribution < -0.4 is 11.2 Å². The van der Waals surface area contributed by atoms with Gasteiger partial charge in [0.2, 0.25) is 0 Å². The van der Waals surface area contributed by atoms with Crippen molar-refractivity contribution in [3.05, 3.63) is 69.0 Å². The van der Waals surface area contributed by atoms with Gasteiger partial charge in [-0.15, -0.1) is 0 Å². The van der Waals surface area contributed by atoms with Gasteiger partial charge in [-0.25, -0.2) is 9.36 Å². The third-order valence-corrected chi connectivity index (χ3v) is 9.89. The van der Waals surface area contributed by atoms with Gasteiger partial charge in [-0.3, -0.25) is 27.9 Å². The number of aromatic amines is 1. The van der Waals surface area contributed by atoms with Gasteiger partial charge in [0, 0.05) is 23.8 Å². The number of aromatic nitrogens is 2. The molecule has 3 aliphatic heterocycles. The number of aliphatic hydroxyl groups is 1. The molecule has 7 unspecified atom stereocenters. The van der Waals surface area contributed by atoms with Crippen LogP contribution in [0.25, 0.3) is 0 Å². The number of fused-ring (bicyclic) bond motifs is 1. The van der Waals surface area contributed by atoms with Crippen molar-refractivity contribution in [2.24, 2.45) is 0 Å². The maximum absolute atomic E-state index is 13.5. The molecule has 190 valence electrons. The molecule has 0 aliphatic carbocycles. The molecule has 3 fully saturated rings. The average Bonchev–Trinajstić information content (AvgIpc) is 3.08. The Bertz CT molecular complexity index is 1210. The van der Waals surface area contributed by atoms with Crippen LogP contribution in [0.3, 0.4) is 0 Å². The highest BCUT2D eigenvalue weighted by atomic mass is 33.1. The third-order valence-electron chi connectivity index (χ3n) is 5.99. The number of hydrogen-bond donors (Lipinski definition) is 2. The Morgan fingerprint density at radius 1 is 1.20 bits per heavy atom. The van der Waals surface area contributed by atoms with Crippen LogP contribution in [0.4, 0.5) is 0 Å². The van der Waals surface area contributed by atoms with E-state index in [-0.39, 0.29) is 12.7 Å².